The molecule has 0 atom stereocenters. The lowest BCUT2D eigenvalue weighted by atomic mass is 10.0. The molecule has 1 aromatic carbocycles. The number of nitrogens with one attached hydrogen (secondary N) is 1. The summed E-state index contributed by atoms with van der Waals surface area (Å²) in [6.07, 6.45) is 3.62. The minimum atomic E-state index is -0.422. The molecule has 0 bridgehead atoms. The van der Waals surface area contributed by atoms with Gasteiger partial charge in [-0.25, -0.2) is 0 Å². The van der Waals surface area contributed by atoms with Gasteiger partial charge in [0.2, 0.25) is 0 Å². The van der Waals surface area contributed by atoms with Crippen LogP contribution in [0.2, 0.25) is 0 Å². The van der Waals surface area contributed by atoms with E-state index in [9.17, 15) is 10.1 Å². The van der Waals surface area contributed by atoms with Crippen LogP contribution in [0.1, 0.15) is 26.2 Å². The molecular weight excluding hydrogens is 218 g/mol. The number of non-ortho nitro benzene ring substituents is 1. The average molecular weight is 235 g/mol. The Hall–Kier alpha value is -1.78. The third-order valence-electron chi connectivity index (χ3n) is 3.53. The number of nitro groups is 1. The van der Waals surface area contributed by atoms with E-state index in [1.165, 1.54) is 25.0 Å². The molecule has 0 aromatic heterocycles. The molecule has 92 valence electrons. The van der Waals surface area contributed by atoms with Gasteiger partial charge in [-0.2, -0.15) is 0 Å². The van der Waals surface area contributed by atoms with Crippen LogP contribution in [0, 0.1) is 15.5 Å². The summed E-state index contributed by atoms with van der Waals surface area (Å²) >= 11 is 0. The van der Waals surface area contributed by atoms with Crippen molar-refractivity contribution in [2.75, 3.05) is 17.6 Å². The maximum Gasteiger partial charge on any atom is 0.273 e. The van der Waals surface area contributed by atoms with Gasteiger partial charge in [-0.05, 0) is 30.7 Å². The van der Waals surface area contributed by atoms with Gasteiger partial charge in [-0.1, -0.05) is 6.92 Å². The molecule has 1 fully saturated rings. The number of nitrogens with two attached hydrogens (primary N) is 1. The molecule has 2 rings (SSSR count). The molecule has 0 saturated heterocycles. The van der Waals surface area contributed by atoms with Crippen LogP contribution in [-0.4, -0.2) is 11.5 Å². The number of nitrogens with zero attached hydrogens (tertiary/aromatic N) is 1. The summed E-state index contributed by atoms with van der Waals surface area (Å²) in [5.74, 6) is 0. The Morgan fingerprint density at radius 2 is 2.18 bits per heavy atom. The van der Waals surface area contributed by atoms with Crippen LogP contribution in [0.3, 0.4) is 0 Å². The van der Waals surface area contributed by atoms with Crippen molar-refractivity contribution in [1.82, 2.24) is 0 Å². The Balaban J connectivity index is 2.07. The second kappa shape index (κ2) is 4.24. The van der Waals surface area contributed by atoms with E-state index in [-0.39, 0.29) is 5.69 Å². The smallest absolute Gasteiger partial charge is 0.273 e. The Bertz CT molecular complexity index is 441. The Kier molecular flexibility index (Phi) is 2.92. The highest BCUT2D eigenvalue weighted by Crippen LogP contribution is 2.48. The number of hydrogen-bond acceptors (Lipinski definition) is 4. The zero-order valence-corrected chi connectivity index (χ0v) is 9.90. The summed E-state index contributed by atoms with van der Waals surface area (Å²) < 4.78 is 0. The third kappa shape index (κ3) is 2.67. The van der Waals surface area contributed by atoms with Gasteiger partial charge < -0.3 is 11.1 Å². The van der Waals surface area contributed by atoms with Crippen molar-refractivity contribution in [3.63, 3.8) is 0 Å². The number of nitrogen functional groups attached to an aromatic ring is 1. The first-order valence-corrected chi connectivity index (χ1v) is 5.83. The number of benzene rings is 1. The standard InChI is InChI=1S/C12H17N3O2/c1-2-12(3-4-12)8-14-10-5-9(13)6-11(7-10)15(16)17/h5-7,14H,2-4,8,13H2,1H3. The fraction of sp³-hybridized carbons (Fsp3) is 0.500. The molecule has 1 aromatic rings. The lowest BCUT2D eigenvalue weighted by Crippen LogP contribution is -2.14. The number of hydrogen-bond donors (Lipinski definition) is 2. The van der Waals surface area contributed by atoms with Crippen LogP contribution in [0.15, 0.2) is 18.2 Å². The second-order valence-corrected chi connectivity index (χ2v) is 4.78. The predicted octanol–water partition coefficient (Wildman–Crippen LogP) is 2.78. The van der Waals surface area contributed by atoms with E-state index >= 15 is 0 Å². The van der Waals surface area contributed by atoms with Crippen LogP contribution < -0.4 is 11.1 Å². The van der Waals surface area contributed by atoms with Crippen molar-refractivity contribution >= 4 is 17.1 Å². The molecule has 0 aliphatic heterocycles. The summed E-state index contributed by atoms with van der Waals surface area (Å²) in [7, 11) is 0. The highest BCUT2D eigenvalue weighted by atomic mass is 16.6. The quantitative estimate of drug-likeness (QED) is 0.467. The van der Waals surface area contributed by atoms with Crippen LogP contribution in [0.4, 0.5) is 17.1 Å². The topological polar surface area (TPSA) is 81.2 Å². The predicted molar refractivity (Wildman–Crippen MR) is 68.0 cm³/mol. The van der Waals surface area contributed by atoms with Crippen molar-refractivity contribution in [1.29, 1.82) is 0 Å². The monoisotopic (exact) mass is 235 g/mol. The Labute approximate surface area is 100 Å². The minimum Gasteiger partial charge on any atom is -0.398 e. The lowest BCUT2D eigenvalue weighted by molar-refractivity contribution is -0.384. The third-order valence-corrected chi connectivity index (χ3v) is 3.53. The molecule has 5 heteroatoms. The first kappa shape index (κ1) is 11.7. The SMILES string of the molecule is CCC1(CNc2cc(N)cc([N+](=O)[O-])c2)CC1. The van der Waals surface area contributed by atoms with E-state index in [0.717, 1.165) is 18.7 Å². The van der Waals surface area contributed by atoms with Gasteiger partial charge in [0.1, 0.15) is 0 Å². The minimum absolute atomic E-state index is 0.0360. The molecule has 0 amide bonds. The summed E-state index contributed by atoms with van der Waals surface area (Å²) in [5, 5.41) is 13.9. The van der Waals surface area contributed by atoms with Crippen LogP contribution in [-0.2, 0) is 0 Å². The highest BCUT2D eigenvalue weighted by molar-refractivity contribution is 5.61. The van der Waals surface area contributed by atoms with E-state index in [2.05, 4.69) is 12.2 Å². The average Bonchev–Trinajstić information content (AvgIpc) is 3.06. The first-order chi connectivity index (χ1) is 8.04. The summed E-state index contributed by atoms with van der Waals surface area (Å²) in [5.41, 5.74) is 7.23. The van der Waals surface area contributed by atoms with Crippen molar-refractivity contribution in [3.8, 4) is 0 Å². The maximum absolute atomic E-state index is 10.7. The van der Waals surface area contributed by atoms with Gasteiger partial charge in [0.05, 0.1) is 4.92 Å². The first-order valence-electron chi connectivity index (χ1n) is 5.83. The molecule has 1 aliphatic rings. The molecular formula is C12H17N3O2. The van der Waals surface area contributed by atoms with Gasteiger partial charge in [-0.3, -0.25) is 10.1 Å². The molecule has 3 N–H and O–H groups in total. The van der Waals surface area contributed by atoms with Crippen LogP contribution in [0.25, 0.3) is 0 Å². The maximum atomic E-state index is 10.7. The van der Waals surface area contributed by atoms with Crippen molar-refractivity contribution < 1.29 is 4.92 Å². The molecule has 5 nitrogen and oxygen atoms in total. The van der Waals surface area contributed by atoms with Gasteiger partial charge in [-0.15, -0.1) is 0 Å². The summed E-state index contributed by atoms with van der Waals surface area (Å²) in [4.78, 5) is 10.3. The van der Waals surface area contributed by atoms with Crippen molar-refractivity contribution in [3.05, 3.63) is 28.3 Å². The van der Waals surface area contributed by atoms with Crippen LogP contribution >= 0.6 is 0 Å². The van der Waals surface area contributed by atoms with Gasteiger partial charge in [0.15, 0.2) is 0 Å². The molecule has 0 unspecified atom stereocenters. The zero-order valence-electron chi connectivity index (χ0n) is 9.90. The normalized spacial score (nSPS) is 16.5. The number of rotatable bonds is 5. The Morgan fingerprint density at radius 3 is 2.71 bits per heavy atom. The lowest BCUT2D eigenvalue weighted by Gasteiger charge is -2.14. The van der Waals surface area contributed by atoms with Crippen LogP contribution in [0.5, 0.6) is 0 Å². The van der Waals surface area contributed by atoms with E-state index in [1.807, 2.05) is 0 Å². The Morgan fingerprint density at radius 1 is 1.47 bits per heavy atom. The van der Waals surface area contributed by atoms with Gasteiger partial charge in [0, 0.05) is 30.1 Å². The highest BCUT2D eigenvalue weighted by Gasteiger charge is 2.40. The second-order valence-electron chi connectivity index (χ2n) is 4.78. The van der Waals surface area contributed by atoms with Gasteiger partial charge >= 0.3 is 0 Å². The molecule has 1 aliphatic carbocycles. The molecule has 0 heterocycles. The molecule has 0 spiro atoms. The largest absolute Gasteiger partial charge is 0.398 e. The van der Waals surface area contributed by atoms with E-state index in [4.69, 9.17) is 5.73 Å². The van der Waals surface area contributed by atoms with E-state index in [1.54, 1.807) is 6.07 Å². The molecule has 17 heavy (non-hydrogen) atoms. The van der Waals surface area contributed by atoms with Gasteiger partial charge in [0.25, 0.3) is 5.69 Å². The van der Waals surface area contributed by atoms with E-state index < -0.39 is 4.92 Å². The number of anilines is 2. The fourth-order valence-electron chi connectivity index (χ4n) is 1.96. The summed E-state index contributed by atoms with van der Waals surface area (Å²) in [6, 6.07) is 4.64. The fourth-order valence-corrected chi connectivity index (χ4v) is 1.96. The van der Waals surface area contributed by atoms with E-state index in [0.29, 0.717) is 11.1 Å². The summed E-state index contributed by atoms with van der Waals surface area (Å²) in [6.45, 7) is 3.04. The molecule has 0 radical (unpaired) electrons. The van der Waals surface area contributed by atoms with Crippen molar-refractivity contribution in [2.24, 2.45) is 5.41 Å². The zero-order chi connectivity index (χ0) is 12.5. The molecule has 1 saturated carbocycles. The number of nitro benzene ring substituents is 1. The van der Waals surface area contributed by atoms with Crippen molar-refractivity contribution in [2.45, 2.75) is 26.2 Å².